The molecule has 0 fully saturated rings. The van der Waals surface area contributed by atoms with E-state index in [1.807, 2.05) is 24.3 Å². The summed E-state index contributed by atoms with van der Waals surface area (Å²) in [6.45, 7) is 0. The van der Waals surface area contributed by atoms with Crippen LogP contribution in [0.3, 0.4) is 0 Å². The number of anilines is 1. The van der Waals surface area contributed by atoms with Crippen molar-refractivity contribution in [2.75, 3.05) is 5.32 Å². The highest BCUT2D eigenvalue weighted by Crippen LogP contribution is 2.17. The molecule has 3 rings (SSSR count). The van der Waals surface area contributed by atoms with Crippen LogP contribution in [0.5, 0.6) is 0 Å². The Morgan fingerprint density at radius 3 is 2.67 bits per heavy atom. The minimum Gasteiger partial charge on any atom is -0.361 e. The maximum atomic E-state index is 13.5. The summed E-state index contributed by atoms with van der Waals surface area (Å²) in [5.41, 5.74) is 7.16. The predicted octanol–water partition coefficient (Wildman–Crippen LogP) is 2.87. The fourth-order valence-corrected chi connectivity index (χ4v) is 2.50. The van der Waals surface area contributed by atoms with Crippen LogP contribution in [0.4, 0.5) is 10.1 Å². The SMILES string of the molecule is O=C(Cc1c[nH]c2ccccc12)NNC(=S)Nc1ccccc1F. The maximum absolute atomic E-state index is 13.5. The van der Waals surface area contributed by atoms with Crippen LogP contribution in [-0.2, 0) is 11.2 Å². The zero-order valence-corrected chi connectivity index (χ0v) is 13.4. The number of thiocarbonyl (C=S) groups is 1. The molecule has 3 aromatic rings. The molecule has 0 aliphatic rings. The summed E-state index contributed by atoms with van der Waals surface area (Å²) in [4.78, 5) is 15.1. The Kier molecular flexibility index (Phi) is 4.72. The van der Waals surface area contributed by atoms with Gasteiger partial charge in [-0.15, -0.1) is 0 Å². The first-order valence-electron chi connectivity index (χ1n) is 7.29. The maximum Gasteiger partial charge on any atom is 0.242 e. The van der Waals surface area contributed by atoms with Gasteiger partial charge in [-0.05, 0) is 36.0 Å². The van der Waals surface area contributed by atoms with Crippen molar-refractivity contribution in [3.63, 3.8) is 0 Å². The molecular weight excluding hydrogens is 327 g/mol. The first kappa shape index (κ1) is 15.9. The lowest BCUT2D eigenvalue weighted by molar-refractivity contribution is -0.120. The number of hydrogen-bond donors (Lipinski definition) is 4. The number of nitrogens with one attached hydrogen (secondary N) is 4. The monoisotopic (exact) mass is 342 g/mol. The smallest absolute Gasteiger partial charge is 0.242 e. The van der Waals surface area contributed by atoms with Crippen molar-refractivity contribution in [2.24, 2.45) is 0 Å². The number of fused-ring (bicyclic) bond motifs is 1. The minimum absolute atomic E-state index is 0.104. The molecule has 2 aromatic carbocycles. The van der Waals surface area contributed by atoms with Crippen LogP contribution in [0, 0.1) is 5.82 Å². The summed E-state index contributed by atoms with van der Waals surface area (Å²) in [5, 5.41) is 3.78. The minimum atomic E-state index is -0.424. The molecule has 0 atom stereocenters. The molecule has 0 radical (unpaired) electrons. The Morgan fingerprint density at radius 1 is 1.08 bits per heavy atom. The van der Waals surface area contributed by atoms with E-state index in [0.29, 0.717) is 0 Å². The third kappa shape index (κ3) is 3.69. The number of carbonyl (C=O) groups is 1. The lowest BCUT2D eigenvalue weighted by Crippen LogP contribution is -2.44. The third-order valence-electron chi connectivity index (χ3n) is 3.46. The number of H-pyrrole nitrogens is 1. The molecule has 0 saturated carbocycles. The number of halogens is 1. The van der Waals surface area contributed by atoms with E-state index < -0.39 is 5.82 Å². The fourth-order valence-electron chi connectivity index (χ4n) is 2.34. The Labute approximate surface area is 143 Å². The van der Waals surface area contributed by atoms with Gasteiger partial charge in [0, 0.05) is 17.1 Å². The highest BCUT2D eigenvalue weighted by molar-refractivity contribution is 7.80. The number of aromatic amines is 1. The van der Waals surface area contributed by atoms with Crippen LogP contribution in [0.1, 0.15) is 5.56 Å². The van der Waals surface area contributed by atoms with Gasteiger partial charge < -0.3 is 10.3 Å². The second-order valence-electron chi connectivity index (χ2n) is 5.14. The third-order valence-corrected chi connectivity index (χ3v) is 3.67. The summed E-state index contributed by atoms with van der Waals surface area (Å²) in [6.07, 6.45) is 2.00. The van der Waals surface area contributed by atoms with Crippen LogP contribution >= 0.6 is 12.2 Å². The Morgan fingerprint density at radius 2 is 1.83 bits per heavy atom. The lowest BCUT2D eigenvalue weighted by atomic mass is 10.1. The Hall–Kier alpha value is -2.93. The second-order valence-corrected chi connectivity index (χ2v) is 5.55. The van der Waals surface area contributed by atoms with Gasteiger partial charge in [0.2, 0.25) is 5.91 Å². The number of hydrogen-bond acceptors (Lipinski definition) is 2. The topological polar surface area (TPSA) is 69.0 Å². The van der Waals surface area contributed by atoms with Crippen molar-refractivity contribution in [3.05, 3.63) is 66.1 Å². The van der Waals surface area contributed by atoms with Crippen LogP contribution < -0.4 is 16.2 Å². The Balaban J connectivity index is 1.54. The molecule has 1 amide bonds. The van der Waals surface area contributed by atoms with Crippen LogP contribution in [0.25, 0.3) is 10.9 Å². The van der Waals surface area contributed by atoms with E-state index in [-0.39, 0.29) is 23.1 Å². The highest BCUT2D eigenvalue weighted by Gasteiger charge is 2.09. The van der Waals surface area contributed by atoms with Gasteiger partial charge in [-0.1, -0.05) is 30.3 Å². The highest BCUT2D eigenvalue weighted by atomic mass is 32.1. The van der Waals surface area contributed by atoms with Crippen molar-refractivity contribution in [1.29, 1.82) is 0 Å². The summed E-state index contributed by atoms with van der Waals surface area (Å²) >= 11 is 5.03. The standard InChI is InChI=1S/C17H15FN4OS/c18-13-6-2-4-8-15(13)20-17(24)22-21-16(23)9-11-10-19-14-7-3-1-5-12(11)14/h1-8,10,19H,9H2,(H,21,23)(H2,20,22,24). The molecule has 7 heteroatoms. The van der Waals surface area contributed by atoms with Crippen LogP contribution in [0.2, 0.25) is 0 Å². The number of aromatic nitrogens is 1. The van der Waals surface area contributed by atoms with Gasteiger partial charge in [0.15, 0.2) is 5.11 Å². The first-order valence-corrected chi connectivity index (χ1v) is 7.69. The quantitative estimate of drug-likeness (QED) is 0.436. The molecule has 1 aromatic heterocycles. The van der Waals surface area contributed by atoms with Crippen molar-refractivity contribution >= 4 is 39.8 Å². The molecular formula is C17H15FN4OS. The van der Waals surface area contributed by atoms with Crippen LogP contribution in [-0.4, -0.2) is 16.0 Å². The van der Waals surface area contributed by atoms with Gasteiger partial charge in [-0.25, -0.2) is 4.39 Å². The summed E-state index contributed by atoms with van der Waals surface area (Å²) < 4.78 is 13.5. The molecule has 5 nitrogen and oxygen atoms in total. The second kappa shape index (κ2) is 7.10. The number of carbonyl (C=O) groups excluding carboxylic acids is 1. The number of para-hydroxylation sites is 2. The van der Waals surface area contributed by atoms with Crippen LogP contribution in [0.15, 0.2) is 54.7 Å². The van der Waals surface area contributed by atoms with E-state index >= 15 is 0 Å². The molecule has 0 aliphatic carbocycles. The molecule has 0 saturated heterocycles. The fraction of sp³-hybridized carbons (Fsp3) is 0.0588. The average molecular weight is 342 g/mol. The molecule has 0 spiro atoms. The largest absolute Gasteiger partial charge is 0.361 e. The van der Waals surface area contributed by atoms with Gasteiger partial charge in [0.05, 0.1) is 12.1 Å². The van der Waals surface area contributed by atoms with E-state index in [2.05, 4.69) is 21.2 Å². The van der Waals surface area contributed by atoms with Crippen molar-refractivity contribution in [2.45, 2.75) is 6.42 Å². The molecule has 0 unspecified atom stereocenters. The summed E-state index contributed by atoms with van der Waals surface area (Å²) in [6, 6.07) is 13.9. The molecule has 122 valence electrons. The van der Waals surface area contributed by atoms with Gasteiger partial charge >= 0.3 is 0 Å². The summed E-state index contributed by atoms with van der Waals surface area (Å²) in [7, 11) is 0. The van der Waals surface area contributed by atoms with Crippen molar-refractivity contribution < 1.29 is 9.18 Å². The van der Waals surface area contributed by atoms with Gasteiger partial charge in [-0.3, -0.25) is 15.6 Å². The van der Waals surface area contributed by atoms with E-state index in [1.165, 1.54) is 6.07 Å². The number of benzene rings is 2. The molecule has 0 aliphatic heterocycles. The molecule has 24 heavy (non-hydrogen) atoms. The number of amides is 1. The van der Waals surface area contributed by atoms with Gasteiger partial charge in [0.1, 0.15) is 5.82 Å². The molecule has 1 heterocycles. The zero-order valence-electron chi connectivity index (χ0n) is 12.6. The number of hydrazine groups is 1. The van der Waals surface area contributed by atoms with E-state index in [9.17, 15) is 9.18 Å². The zero-order chi connectivity index (χ0) is 16.9. The Bertz CT molecular complexity index is 893. The van der Waals surface area contributed by atoms with Gasteiger partial charge in [-0.2, -0.15) is 0 Å². The van der Waals surface area contributed by atoms with Crippen molar-refractivity contribution in [3.8, 4) is 0 Å². The van der Waals surface area contributed by atoms with E-state index in [4.69, 9.17) is 12.2 Å². The number of rotatable bonds is 3. The van der Waals surface area contributed by atoms with Gasteiger partial charge in [0.25, 0.3) is 0 Å². The van der Waals surface area contributed by atoms with E-state index in [0.717, 1.165) is 16.5 Å². The summed E-state index contributed by atoms with van der Waals surface area (Å²) in [5.74, 6) is -0.677. The van der Waals surface area contributed by atoms with E-state index in [1.54, 1.807) is 24.4 Å². The molecule has 0 bridgehead atoms. The van der Waals surface area contributed by atoms with Crippen molar-refractivity contribution in [1.82, 2.24) is 15.8 Å². The normalized spacial score (nSPS) is 10.4. The lowest BCUT2D eigenvalue weighted by Gasteiger charge is -2.12. The first-order chi connectivity index (χ1) is 11.6. The predicted molar refractivity (Wildman–Crippen MR) is 95.9 cm³/mol. The molecule has 4 N–H and O–H groups in total. The average Bonchev–Trinajstić information content (AvgIpc) is 2.98.